The summed E-state index contributed by atoms with van der Waals surface area (Å²) in [6.07, 6.45) is 4.29. The van der Waals surface area contributed by atoms with Crippen LogP contribution in [0.3, 0.4) is 0 Å². The molecule has 0 spiro atoms. The van der Waals surface area contributed by atoms with Gasteiger partial charge in [-0.1, -0.05) is 44.4 Å². The maximum Gasteiger partial charge on any atom is 0.321 e. The minimum Gasteiger partial charge on any atom is -0.481 e. The van der Waals surface area contributed by atoms with E-state index in [9.17, 15) is 9.59 Å². The Morgan fingerprint density at radius 2 is 1.86 bits per heavy atom. The number of carboxylic acids is 1. The molecule has 1 rings (SSSR count). The molecule has 21 heavy (non-hydrogen) atoms. The highest BCUT2D eigenvalue weighted by atomic mass is 16.4. The van der Waals surface area contributed by atoms with Crippen LogP contribution in [0.25, 0.3) is 0 Å². The van der Waals surface area contributed by atoms with E-state index < -0.39 is 5.97 Å². The number of carbonyl (C=O) groups is 2. The Morgan fingerprint density at radius 3 is 2.48 bits per heavy atom. The SMILES string of the molecule is CCCCCCNC(=O)N(CCC(=O)O)c1ccccc1. The molecule has 0 fully saturated rings. The summed E-state index contributed by atoms with van der Waals surface area (Å²) in [5.41, 5.74) is 0.713. The van der Waals surface area contributed by atoms with Gasteiger partial charge in [-0.25, -0.2) is 4.79 Å². The molecular formula is C16H24N2O3. The fourth-order valence-corrected chi connectivity index (χ4v) is 2.01. The van der Waals surface area contributed by atoms with Gasteiger partial charge in [0.1, 0.15) is 0 Å². The van der Waals surface area contributed by atoms with E-state index in [2.05, 4.69) is 12.2 Å². The Morgan fingerprint density at radius 1 is 1.14 bits per heavy atom. The van der Waals surface area contributed by atoms with Gasteiger partial charge in [0.15, 0.2) is 0 Å². The van der Waals surface area contributed by atoms with Crippen molar-refractivity contribution in [1.29, 1.82) is 0 Å². The van der Waals surface area contributed by atoms with Crippen LogP contribution >= 0.6 is 0 Å². The van der Waals surface area contributed by atoms with Crippen molar-refractivity contribution in [2.75, 3.05) is 18.0 Å². The van der Waals surface area contributed by atoms with Crippen molar-refractivity contribution in [2.24, 2.45) is 0 Å². The summed E-state index contributed by atoms with van der Waals surface area (Å²) in [5.74, 6) is -0.910. The van der Waals surface area contributed by atoms with Gasteiger partial charge in [-0.2, -0.15) is 0 Å². The van der Waals surface area contributed by atoms with E-state index in [-0.39, 0.29) is 19.0 Å². The summed E-state index contributed by atoms with van der Waals surface area (Å²) >= 11 is 0. The zero-order valence-corrected chi connectivity index (χ0v) is 12.5. The van der Waals surface area contributed by atoms with Crippen LogP contribution in [0.4, 0.5) is 10.5 Å². The number of nitrogens with zero attached hydrogens (tertiary/aromatic N) is 1. The van der Waals surface area contributed by atoms with E-state index in [0.29, 0.717) is 12.2 Å². The van der Waals surface area contributed by atoms with Gasteiger partial charge in [0.2, 0.25) is 0 Å². The molecule has 0 heterocycles. The fourth-order valence-electron chi connectivity index (χ4n) is 2.01. The molecule has 0 bridgehead atoms. The van der Waals surface area contributed by atoms with Gasteiger partial charge >= 0.3 is 12.0 Å². The molecule has 1 aromatic rings. The number of para-hydroxylation sites is 1. The molecule has 1 aromatic carbocycles. The summed E-state index contributed by atoms with van der Waals surface area (Å²) in [5, 5.41) is 11.7. The molecule has 0 aliphatic carbocycles. The minimum absolute atomic E-state index is 0.0713. The molecule has 0 aliphatic rings. The zero-order valence-electron chi connectivity index (χ0n) is 12.5. The number of hydrogen-bond donors (Lipinski definition) is 2. The summed E-state index contributed by atoms with van der Waals surface area (Å²) in [7, 11) is 0. The highest BCUT2D eigenvalue weighted by Gasteiger charge is 2.16. The van der Waals surface area contributed by atoms with E-state index in [0.717, 1.165) is 25.7 Å². The molecule has 2 amide bonds. The number of unbranched alkanes of at least 4 members (excludes halogenated alkanes) is 3. The number of benzene rings is 1. The second-order valence-electron chi connectivity index (χ2n) is 4.92. The highest BCUT2D eigenvalue weighted by molar-refractivity contribution is 5.92. The van der Waals surface area contributed by atoms with Crippen LogP contribution in [0.15, 0.2) is 30.3 Å². The van der Waals surface area contributed by atoms with Crippen molar-refractivity contribution in [2.45, 2.75) is 39.0 Å². The Balaban J connectivity index is 2.55. The Labute approximate surface area is 126 Å². The summed E-state index contributed by atoms with van der Waals surface area (Å²) in [6.45, 7) is 2.93. The third-order valence-electron chi connectivity index (χ3n) is 3.17. The van der Waals surface area contributed by atoms with Gasteiger partial charge in [0.05, 0.1) is 6.42 Å². The van der Waals surface area contributed by atoms with E-state index in [1.165, 1.54) is 4.90 Å². The lowest BCUT2D eigenvalue weighted by atomic mass is 10.2. The number of carbonyl (C=O) groups excluding carboxylic acids is 1. The maximum atomic E-state index is 12.2. The smallest absolute Gasteiger partial charge is 0.321 e. The second kappa shape index (κ2) is 9.80. The van der Waals surface area contributed by atoms with Crippen LogP contribution in [0.2, 0.25) is 0 Å². The molecule has 5 heteroatoms. The Kier molecular flexibility index (Phi) is 7.94. The fraction of sp³-hybridized carbons (Fsp3) is 0.500. The lowest BCUT2D eigenvalue weighted by molar-refractivity contribution is -0.136. The second-order valence-corrected chi connectivity index (χ2v) is 4.92. The number of anilines is 1. The highest BCUT2D eigenvalue weighted by Crippen LogP contribution is 2.14. The quantitative estimate of drug-likeness (QED) is 0.686. The van der Waals surface area contributed by atoms with Crippen molar-refractivity contribution in [3.8, 4) is 0 Å². The average molecular weight is 292 g/mol. The van der Waals surface area contributed by atoms with Gasteiger partial charge < -0.3 is 10.4 Å². The molecule has 0 aliphatic heterocycles. The van der Waals surface area contributed by atoms with E-state index >= 15 is 0 Å². The van der Waals surface area contributed by atoms with Gasteiger partial charge in [0.25, 0.3) is 0 Å². The normalized spacial score (nSPS) is 10.1. The lowest BCUT2D eigenvalue weighted by Crippen LogP contribution is -2.41. The third kappa shape index (κ3) is 6.79. The van der Waals surface area contributed by atoms with Crippen molar-refractivity contribution in [3.63, 3.8) is 0 Å². The maximum absolute atomic E-state index is 12.2. The first-order valence-electron chi connectivity index (χ1n) is 7.47. The molecule has 5 nitrogen and oxygen atoms in total. The molecule has 0 radical (unpaired) electrons. The first-order chi connectivity index (χ1) is 10.1. The number of rotatable bonds is 9. The molecule has 0 aromatic heterocycles. The van der Waals surface area contributed by atoms with Crippen LogP contribution < -0.4 is 10.2 Å². The average Bonchev–Trinajstić information content (AvgIpc) is 2.48. The number of nitrogens with one attached hydrogen (secondary N) is 1. The first-order valence-corrected chi connectivity index (χ1v) is 7.47. The van der Waals surface area contributed by atoms with Gasteiger partial charge in [-0.3, -0.25) is 9.69 Å². The standard InChI is InChI=1S/C16H24N2O3/c1-2-3-4-8-12-17-16(21)18(13-11-15(19)20)14-9-6-5-7-10-14/h5-7,9-10H,2-4,8,11-13H2,1H3,(H,17,21)(H,19,20). The van der Waals surface area contributed by atoms with Crippen LogP contribution in [-0.4, -0.2) is 30.2 Å². The number of carboxylic acid groups (broad SMARTS) is 1. The molecule has 0 saturated heterocycles. The van der Waals surface area contributed by atoms with Crippen LogP contribution in [-0.2, 0) is 4.79 Å². The van der Waals surface area contributed by atoms with E-state index in [1.807, 2.05) is 18.2 Å². The number of hydrogen-bond acceptors (Lipinski definition) is 2. The Bertz CT molecular complexity index is 434. The van der Waals surface area contributed by atoms with E-state index in [1.54, 1.807) is 12.1 Å². The summed E-state index contributed by atoms with van der Waals surface area (Å²) in [6, 6.07) is 8.90. The monoisotopic (exact) mass is 292 g/mol. The van der Waals surface area contributed by atoms with Crippen molar-refractivity contribution < 1.29 is 14.7 Å². The van der Waals surface area contributed by atoms with Crippen molar-refractivity contribution in [3.05, 3.63) is 30.3 Å². The zero-order chi connectivity index (χ0) is 15.5. The van der Waals surface area contributed by atoms with Crippen LogP contribution in [0.5, 0.6) is 0 Å². The predicted octanol–water partition coefficient (Wildman–Crippen LogP) is 3.26. The lowest BCUT2D eigenvalue weighted by Gasteiger charge is -2.22. The molecule has 0 atom stereocenters. The number of aliphatic carboxylic acids is 1. The molecule has 0 unspecified atom stereocenters. The minimum atomic E-state index is -0.910. The predicted molar refractivity (Wildman–Crippen MR) is 83.6 cm³/mol. The van der Waals surface area contributed by atoms with Crippen molar-refractivity contribution >= 4 is 17.7 Å². The van der Waals surface area contributed by atoms with Gasteiger partial charge in [-0.05, 0) is 18.6 Å². The van der Waals surface area contributed by atoms with Crippen molar-refractivity contribution in [1.82, 2.24) is 5.32 Å². The van der Waals surface area contributed by atoms with Gasteiger partial charge in [0, 0.05) is 18.8 Å². The summed E-state index contributed by atoms with van der Waals surface area (Å²) in [4.78, 5) is 24.4. The van der Waals surface area contributed by atoms with E-state index in [4.69, 9.17) is 5.11 Å². The summed E-state index contributed by atoms with van der Waals surface area (Å²) < 4.78 is 0. The Hall–Kier alpha value is -2.04. The molecular weight excluding hydrogens is 268 g/mol. The largest absolute Gasteiger partial charge is 0.481 e. The topological polar surface area (TPSA) is 69.6 Å². The van der Waals surface area contributed by atoms with Gasteiger partial charge in [-0.15, -0.1) is 0 Å². The molecule has 116 valence electrons. The third-order valence-corrected chi connectivity index (χ3v) is 3.17. The molecule has 0 saturated carbocycles. The first kappa shape index (κ1) is 17.0. The molecule has 2 N–H and O–H groups in total. The number of amides is 2. The van der Waals surface area contributed by atoms with Crippen LogP contribution in [0.1, 0.15) is 39.0 Å². The number of urea groups is 1. The van der Waals surface area contributed by atoms with Crippen LogP contribution in [0, 0.1) is 0 Å².